The Morgan fingerprint density at radius 1 is 1.40 bits per heavy atom. The van der Waals surface area contributed by atoms with E-state index < -0.39 is 5.91 Å². The van der Waals surface area contributed by atoms with Gasteiger partial charge in [0, 0.05) is 6.54 Å². The van der Waals surface area contributed by atoms with Crippen LogP contribution < -0.4 is 16.4 Å². The average molecular weight is 299 g/mol. The molecule has 1 rings (SSSR count). The molecule has 8 heteroatoms. The van der Waals surface area contributed by atoms with Gasteiger partial charge in [-0.3, -0.25) is 15.5 Å². The number of nitrogens with zero attached hydrogens (tertiary/aromatic N) is 2. The highest BCUT2D eigenvalue weighted by atomic mass is 35.5. The minimum absolute atomic E-state index is 0.0109. The van der Waals surface area contributed by atoms with Crippen LogP contribution in [0.1, 0.15) is 42.4 Å². The van der Waals surface area contributed by atoms with Crippen molar-refractivity contribution >= 4 is 29.3 Å². The van der Waals surface area contributed by atoms with Gasteiger partial charge in [0.1, 0.15) is 0 Å². The molecular formula is C12H19ClN6O. The second-order valence-corrected chi connectivity index (χ2v) is 4.65. The number of aryl methyl sites for hydroxylation is 1. The van der Waals surface area contributed by atoms with Crippen LogP contribution in [0.15, 0.2) is 0 Å². The van der Waals surface area contributed by atoms with Crippen molar-refractivity contribution in [3.8, 4) is 0 Å². The monoisotopic (exact) mass is 298 g/mol. The maximum Gasteiger partial charge on any atom is 0.280 e. The number of hydrogen-bond acceptors (Lipinski definition) is 5. The maximum absolute atomic E-state index is 11.9. The van der Waals surface area contributed by atoms with Crippen LogP contribution in [-0.4, -0.2) is 28.4 Å². The van der Waals surface area contributed by atoms with Crippen LogP contribution in [0.2, 0.25) is 5.15 Å². The number of rotatable bonds is 5. The van der Waals surface area contributed by atoms with Crippen molar-refractivity contribution in [2.45, 2.75) is 33.1 Å². The Bertz CT molecular complexity index is 505. The number of carbonyl (C=O) groups is 1. The molecule has 0 bridgehead atoms. The molecule has 1 aromatic heterocycles. The Kier molecular flexibility index (Phi) is 6.17. The third-order valence-corrected chi connectivity index (χ3v) is 2.93. The first-order valence-corrected chi connectivity index (χ1v) is 6.76. The first-order chi connectivity index (χ1) is 9.45. The second kappa shape index (κ2) is 7.64. The maximum atomic E-state index is 11.9. The van der Waals surface area contributed by atoms with E-state index in [4.69, 9.17) is 22.7 Å². The standard InChI is InChI=1S/C12H19ClN6O/c1-3-4-5-6-16-12(15)19-11(20)8-10(14)17-7(2)9(13)18-8/h3-6H2,1-2H3,(H2,14,17)(H3,15,16,19,20). The zero-order valence-electron chi connectivity index (χ0n) is 11.6. The van der Waals surface area contributed by atoms with E-state index in [-0.39, 0.29) is 22.6 Å². The zero-order chi connectivity index (χ0) is 15.1. The lowest BCUT2D eigenvalue weighted by atomic mass is 10.2. The van der Waals surface area contributed by atoms with Crippen LogP contribution in [0, 0.1) is 12.3 Å². The fourth-order valence-corrected chi connectivity index (χ4v) is 1.62. The molecular weight excluding hydrogens is 280 g/mol. The second-order valence-electron chi connectivity index (χ2n) is 4.30. The summed E-state index contributed by atoms with van der Waals surface area (Å²) in [7, 11) is 0. The first kappa shape index (κ1) is 16.2. The summed E-state index contributed by atoms with van der Waals surface area (Å²) in [6, 6.07) is 0. The molecule has 0 saturated heterocycles. The number of amides is 1. The molecule has 0 unspecified atom stereocenters. The predicted octanol–water partition coefficient (Wildman–Crippen LogP) is 1.46. The number of nitrogen functional groups attached to an aromatic ring is 1. The predicted molar refractivity (Wildman–Crippen MR) is 78.9 cm³/mol. The normalized spacial score (nSPS) is 10.2. The minimum Gasteiger partial charge on any atom is -0.382 e. The van der Waals surface area contributed by atoms with Gasteiger partial charge in [-0.15, -0.1) is 0 Å². The summed E-state index contributed by atoms with van der Waals surface area (Å²) in [4.78, 5) is 19.7. The third-order valence-electron chi connectivity index (χ3n) is 2.58. The summed E-state index contributed by atoms with van der Waals surface area (Å²) in [5, 5.41) is 12.9. The quantitative estimate of drug-likeness (QED) is 0.373. The third kappa shape index (κ3) is 4.65. The van der Waals surface area contributed by atoms with E-state index in [0.29, 0.717) is 12.2 Å². The number of carbonyl (C=O) groups excluding carboxylic acids is 1. The molecule has 0 fully saturated rings. The molecule has 0 aliphatic carbocycles. The number of aromatic nitrogens is 2. The number of hydrogen-bond donors (Lipinski definition) is 4. The molecule has 20 heavy (non-hydrogen) atoms. The summed E-state index contributed by atoms with van der Waals surface area (Å²) in [5.41, 5.74) is 5.99. The van der Waals surface area contributed by atoms with Gasteiger partial charge < -0.3 is 11.1 Å². The lowest BCUT2D eigenvalue weighted by Crippen LogP contribution is -2.41. The largest absolute Gasteiger partial charge is 0.382 e. The lowest BCUT2D eigenvalue weighted by Gasteiger charge is -2.10. The topological polar surface area (TPSA) is 117 Å². The smallest absolute Gasteiger partial charge is 0.280 e. The van der Waals surface area contributed by atoms with Gasteiger partial charge >= 0.3 is 0 Å². The van der Waals surface area contributed by atoms with E-state index in [1.165, 1.54) is 0 Å². The molecule has 0 aromatic carbocycles. The highest BCUT2D eigenvalue weighted by Gasteiger charge is 2.16. The van der Waals surface area contributed by atoms with Crippen molar-refractivity contribution in [3.05, 3.63) is 16.5 Å². The number of guanidine groups is 1. The molecule has 110 valence electrons. The molecule has 0 aliphatic heterocycles. The molecule has 1 heterocycles. The highest BCUT2D eigenvalue weighted by molar-refractivity contribution is 6.30. The van der Waals surface area contributed by atoms with Gasteiger partial charge in [0.15, 0.2) is 22.6 Å². The van der Waals surface area contributed by atoms with Crippen LogP contribution >= 0.6 is 11.6 Å². The zero-order valence-corrected chi connectivity index (χ0v) is 12.3. The Morgan fingerprint density at radius 3 is 2.75 bits per heavy atom. The van der Waals surface area contributed by atoms with E-state index in [0.717, 1.165) is 19.3 Å². The van der Waals surface area contributed by atoms with E-state index in [1.807, 2.05) is 0 Å². The fourth-order valence-electron chi connectivity index (χ4n) is 1.49. The fraction of sp³-hybridized carbons (Fsp3) is 0.500. The Labute approximate surface area is 122 Å². The molecule has 0 atom stereocenters. The van der Waals surface area contributed by atoms with Gasteiger partial charge in [0.05, 0.1) is 5.69 Å². The van der Waals surface area contributed by atoms with Crippen LogP contribution in [0.4, 0.5) is 5.82 Å². The summed E-state index contributed by atoms with van der Waals surface area (Å²) in [6.45, 7) is 4.36. The van der Waals surface area contributed by atoms with E-state index in [9.17, 15) is 4.79 Å². The van der Waals surface area contributed by atoms with Crippen LogP contribution in [0.5, 0.6) is 0 Å². The van der Waals surface area contributed by atoms with Crippen molar-refractivity contribution in [2.24, 2.45) is 0 Å². The summed E-state index contributed by atoms with van der Waals surface area (Å²) >= 11 is 5.81. The van der Waals surface area contributed by atoms with Crippen molar-refractivity contribution in [1.82, 2.24) is 20.6 Å². The Morgan fingerprint density at radius 2 is 2.10 bits per heavy atom. The summed E-state index contributed by atoms with van der Waals surface area (Å²) in [5.74, 6) is -0.711. The highest BCUT2D eigenvalue weighted by Crippen LogP contribution is 2.14. The Hall–Kier alpha value is -1.89. The number of halogens is 1. The minimum atomic E-state index is -0.607. The number of unbranched alkanes of at least 4 members (excludes halogenated alkanes) is 2. The summed E-state index contributed by atoms with van der Waals surface area (Å²) in [6.07, 6.45) is 3.10. The molecule has 7 nitrogen and oxygen atoms in total. The Balaban J connectivity index is 2.58. The number of anilines is 1. The molecule has 0 radical (unpaired) electrons. The van der Waals surface area contributed by atoms with Gasteiger partial charge in [-0.1, -0.05) is 31.4 Å². The van der Waals surface area contributed by atoms with Crippen LogP contribution in [-0.2, 0) is 0 Å². The van der Waals surface area contributed by atoms with Crippen molar-refractivity contribution in [2.75, 3.05) is 12.3 Å². The van der Waals surface area contributed by atoms with E-state index in [2.05, 4.69) is 27.5 Å². The van der Waals surface area contributed by atoms with Crippen LogP contribution in [0.3, 0.4) is 0 Å². The van der Waals surface area contributed by atoms with Crippen molar-refractivity contribution in [3.63, 3.8) is 0 Å². The summed E-state index contributed by atoms with van der Waals surface area (Å²) < 4.78 is 0. The molecule has 0 aliphatic rings. The van der Waals surface area contributed by atoms with Crippen molar-refractivity contribution < 1.29 is 4.79 Å². The van der Waals surface area contributed by atoms with Gasteiger partial charge in [-0.25, -0.2) is 9.97 Å². The average Bonchev–Trinajstić information content (AvgIpc) is 2.38. The molecule has 1 aromatic rings. The van der Waals surface area contributed by atoms with Crippen LogP contribution in [0.25, 0.3) is 0 Å². The van der Waals surface area contributed by atoms with Gasteiger partial charge in [0.2, 0.25) is 0 Å². The van der Waals surface area contributed by atoms with Gasteiger partial charge in [0.25, 0.3) is 5.91 Å². The first-order valence-electron chi connectivity index (χ1n) is 6.39. The van der Waals surface area contributed by atoms with Crippen molar-refractivity contribution in [1.29, 1.82) is 5.41 Å². The molecule has 1 amide bonds. The van der Waals surface area contributed by atoms with E-state index >= 15 is 0 Å². The van der Waals surface area contributed by atoms with Gasteiger partial charge in [-0.05, 0) is 13.3 Å². The number of nitrogens with one attached hydrogen (secondary N) is 3. The molecule has 0 spiro atoms. The number of nitrogens with two attached hydrogens (primary N) is 1. The van der Waals surface area contributed by atoms with Gasteiger partial charge in [-0.2, -0.15) is 0 Å². The lowest BCUT2D eigenvalue weighted by molar-refractivity contribution is 0.0971. The molecule has 0 saturated carbocycles. The SMILES string of the molecule is CCCCCNC(=N)NC(=O)c1nc(Cl)c(C)nc1N. The molecule has 5 N–H and O–H groups in total. The van der Waals surface area contributed by atoms with E-state index in [1.54, 1.807) is 6.92 Å².